The molecule has 0 amide bonds. The smallest absolute Gasteiger partial charge is 0.138 e. The summed E-state index contributed by atoms with van der Waals surface area (Å²) < 4.78 is 5.61. The molecular weight excluding hydrogens is 210 g/mol. The molecular formula is C15H13NO. The van der Waals surface area contributed by atoms with Crippen molar-refractivity contribution in [2.75, 3.05) is 0 Å². The molecule has 0 atom stereocenters. The van der Waals surface area contributed by atoms with Gasteiger partial charge in [0, 0.05) is 0 Å². The highest BCUT2D eigenvalue weighted by Crippen LogP contribution is 2.11. The van der Waals surface area contributed by atoms with Crippen LogP contribution >= 0.6 is 0 Å². The van der Waals surface area contributed by atoms with E-state index in [4.69, 9.17) is 11.2 Å². The molecule has 2 rings (SSSR count). The van der Waals surface area contributed by atoms with Gasteiger partial charge in [0.25, 0.3) is 0 Å². The van der Waals surface area contributed by atoms with Crippen LogP contribution in [0, 0.1) is 12.3 Å². The van der Waals surface area contributed by atoms with Gasteiger partial charge in [-0.05, 0) is 17.7 Å². The minimum Gasteiger partial charge on any atom is -0.487 e. The Morgan fingerprint density at radius 1 is 1.12 bits per heavy atom. The van der Waals surface area contributed by atoms with Crippen molar-refractivity contribution in [3.63, 3.8) is 0 Å². The van der Waals surface area contributed by atoms with Crippen molar-refractivity contribution in [1.82, 2.24) is 4.98 Å². The summed E-state index contributed by atoms with van der Waals surface area (Å²) in [6.45, 7) is 0.553. The number of rotatable bonds is 4. The number of hydrogen-bond donors (Lipinski definition) is 0. The number of benzene rings is 1. The van der Waals surface area contributed by atoms with Gasteiger partial charge in [-0.25, -0.2) is 0 Å². The van der Waals surface area contributed by atoms with E-state index in [-0.39, 0.29) is 0 Å². The SMILES string of the molecule is C#CCc1ccc(OCc2ccccc2)cn1. The maximum atomic E-state index is 5.61. The maximum absolute atomic E-state index is 5.61. The molecule has 2 heteroatoms. The zero-order valence-corrected chi connectivity index (χ0v) is 9.47. The standard InChI is InChI=1S/C15H13NO/c1-2-6-14-9-10-15(11-16-14)17-12-13-7-4-3-5-8-13/h1,3-5,7-11H,6,12H2. The second-order valence-corrected chi connectivity index (χ2v) is 3.64. The summed E-state index contributed by atoms with van der Waals surface area (Å²) in [5.74, 6) is 3.32. The summed E-state index contributed by atoms with van der Waals surface area (Å²) in [5.41, 5.74) is 2.03. The summed E-state index contributed by atoms with van der Waals surface area (Å²) in [4.78, 5) is 4.21. The predicted molar refractivity (Wildman–Crippen MR) is 67.5 cm³/mol. The summed E-state index contributed by atoms with van der Waals surface area (Å²) in [5, 5.41) is 0. The van der Waals surface area contributed by atoms with Crippen LogP contribution in [0.25, 0.3) is 0 Å². The van der Waals surface area contributed by atoms with Gasteiger partial charge in [0.1, 0.15) is 12.4 Å². The van der Waals surface area contributed by atoms with Gasteiger partial charge < -0.3 is 4.74 Å². The molecule has 1 aromatic carbocycles. The normalized spacial score (nSPS) is 9.59. The van der Waals surface area contributed by atoms with Gasteiger partial charge in [0.15, 0.2) is 0 Å². The van der Waals surface area contributed by atoms with Gasteiger partial charge in [-0.2, -0.15) is 0 Å². The molecule has 0 aliphatic carbocycles. The molecule has 84 valence electrons. The number of hydrogen-bond acceptors (Lipinski definition) is 2. The van der Waals surface area contributed by atoms with Gasteiger partial charge in [-0.1, -0.05) is 30.3 Å². The zero-order valence-electron chi connectivity index (χ0n) is 9.47. The maximum Gasteiger partial charge on any atom is 0.138 e. The largest absolute Gasteiger partial charge is 0.487 e. The third kappa shape index (κ3) is 3.35. The molecule has 1 aromatic heterocycles. The van der Waals surface area contributed by atoms with E-state index >= 15 is 0 Å². The molecule has 0 radical (unpaired) electrons. The predicted octanol–water partition coefficient (Wildman–Crippen LogP) is 2.84. The molecule has 0 saturated heterocycles. The van der Waals surface area contributed by atoms with Crippen molar-refractivity contribution in [3.05, 3.63) is 59.9 Å². The fraction of sp³-hybridized carbons (Fsp3) is 0.133. The Morgan fingerprint density at radius 3 is 2.59 bits per heavy atom. The first-order chi connectivity index (χ1) is 8.38. The highest BCUT2D eigenvalue weighted by atomic mass is 16.5. The van der Waals surface area contributed by atoms with Crippen molar-refractivity contribution in [3.8, 4) is 18.1 Å². The summed E-state index contributed by atoms with van der Waals surface area (Å²) in [6, 6.07) is 13.8. The van der Waals surface area contributed by atoms with Crippen molar-refractivity contribution >= 4 is 0 Å². The third-order valence-corrected chi connectivity index (χ3v) is 2.33. The summed E-state index contributed by atoms with van der Waals surface area (Å²) >= 11 is 0. The van der Waals surface area contributed by atoms with Gasteiger partial charge >= 0.3 is 0 Å². The lowest BCUT2D eigenvalue weighted by Crippen LogP contribution is -1.96. The molecule has 0 unspecified atom stereocenters. The Bertz CT molecular complexity index is 497. The highest BCUT2D eigenvalue weighted by Gasteiger charge is 1.97. The van der Waals surface area contributed by atoms with Crippen LogP contribution in [0.1, 0.15) is 11.3 Å². The monoisotopic (exact) mass is 223 g/mol. The van der Waals surface area contributed by atoms with E-state index in [2.05, 4.69) is 10.9 Å². The minimum atomic E-state index is 0.553. The fourth-order valence-electron chi connectivity index (χ4n) is 1.45. The Balaban J connectivity index is 1.94. The molecule has 0 N–H and O–H groups in total. The average Bonchev–Trinajstić information content (AvgIpc) is 2.40. The summed E-state index contributed by atoms with van der Waals surface area (Å²) in [7, 11) is 0. The second-order valence-electron chi connectivity index (χ2n) is 3.64. The molecule has 1 heterocycles. The first-order valence-corrected chi connectivity index (χ1v) is 5.43. The van der Waals surface area contributed by atoms with Crippen molar-refractivity contribution in [2.45, 2.75) is 13.0 Å². The fourth-order valence-corrected chi connectivity index (χ4v) is 1.45. The Hall–Kier alpha value is -2.27. The number of pyridine rings is 1. The number of terminal acetylenes is 1. The average molecular weight is 223 g/mol. The van der Waals surface area contributed by atoms with Gasteiger partial charge in [0.2, 0.25) is 0 Å². The molecule has 17 heavy (non-hydrogen) atoms. The van der Waals surface area contributed by atoms with E-state index in [1.807, 2.05) is 42.5 Å². The lowest BCUT2D eigenvalue weighted by Gasteiger charge is -2.05. The number of ether oxygens (including phenoxy) is 1. The first kappa shape index (κ1) is 11.2. The van der Waals surface area contributed by atoms with Crippen LogP contribution in [0.3, 0.4) is 0 Å². The molecule has 0 spiro atoms. The van der Waals surface area contributed by atoms with Crippen molar-refractivity contribution in [1.29, 1.82) is 0 Å². The Morgan fingerprint density at radius 2 is 1.94 bits per heavy atom. The lowest BCUT2D eigenvalue weighted by molar-refractivity contribution is 0.305. The van der Waals surface area contributed by atoms with Gasteiger partial charge in [-0.15, -0.1) is 12.3 Å². The van der Waals surface area contributed by atoms with Crippen LogP contribution in [-0.4, -0.2) is 4.98 Å². The van der Waals surface area contributed by atoms with E-state index in [1.54, 1.807) is 6.20 Å². The Labute approximate surface area is 101 Å². The van der Waals surface area contributed by atoms with Crippen LogP contribution in [0.5, 0.6) is 5.75 Å². The lowest BCUT2D eigenvalue weighted by atomic mass is 10.2. The number of aromatic nitrogens is 1. The zero-order chi connectivity index (χ0) is 11.9. The molecule has 0 saturated carbocycles. The quantitative estimate of drug-likeness (QED) is 0.743. The molecule has 0 bridgehead atoms. The van der Waals surface area contributed by atoms with Crippen LogP contribution in [-0.2, 0) is 13.0 Å². The van der Waals surface area contributed by atoms with E-state index in [0.717, 1.165) is 17.0 Å². The van der Waals surface area contributed by atoms with Crippen molar-refractivity contribution < 1.29 is 4.74 Å². The summed E-state index contributed by atoms with van der Waals surface area (Å²) in [6.07, 6.45) is 7.47. The van der Waals surface area contributed by atoms with E-state index in [1.165, 1.54) is 0 Å². The number of nitrogens with zero attached hydrogens (tertiary/aromatic N) is 1. The van der Waals surface area contributed by atoms with E-state index in [9.17, 15) is 0 Å². The molecule has 2 aromatic rings. The highest BCUT2D eigenvalue weighted by molar-refractivity contribution is 5.22. The van der Waals surface area contributed by atoms with Crippen LogP contribution in [0.15, 0.2) is 48.7 Å². The van der Waals surface area contributed by atoms with E-state index in [0.29, 0.717) is 13.0 Å². The van der Waals surface area contributed by atoms with Gasteiger partial charge in [-0.3, -0.25) is 4.98 Å². The van der Waals surface area contributed by atoms with Crippen LogP contribution in [0.4, 0.5) is 0 Å². The molecule has 0 aliphatic heterocycles. The minimum absolute atomic E-state index is 0.553. The first-order valence-electron chi connectivity index (χ1n) is 5.43. The second kappa shape index (κ2) is 5.72. The van der Waals surface area contributed by atoms with E-state index < -0.39 is 0 Å². The molecule has 0 fully saturated rings. The molecule has 0 aliphatic rings. The molecule has 2 nitrogen and oxygen atoms in total. The Kier molecular flexibility index (Phi) is 3.77. The topological polar surface area (TPSA) is 22.1 Å². The van der Waals surface area contributed by atoms with Gasteiger partial charge in [0.05, 0.1) is 18.3 Å². The van der Waals surface area contributed by atoms with Crippen LogP contribution < -0.4 is 4.74 Å². The van der Waals surface area contributed by atoms with Crippen molar-refractivity contribution in [2.24, 2.45) is 0 Å². The third-order valence-electron chi connectivity index (χ3n) is 2.33. The van der Waals surface area contributed by atoms with Crippen LogP contribution in [0.2, 0.25) is 0 Å².